The first kappa shape index (κ1) is 17.3. The Morgan fingerprint density at radius 1 is 1.00 bits per heavy atom. The third-order valence-electron chi connectivity index (χ3n) is 6.27. The Morgan fingerprint density at radius 3 is 2.64 bits per heavy atom. The summed E-state index contributed by atoms with van der Waals surface area (Å²) in [4.78, 5) is 15.0. The van der Waals surface area contributed by atoms with Crippen molar-refractivity contribution in [1.29, 1.82) is 0 Å². The fourth-order valence-corrected chi connectivity index (χ4v) is 5.81. The highest BCUT2D eigenvalue weighted by atomic mass is 32.2. The van der Waals surface area contributed by atoms with Gasteiger partial charge in [-0.1, -0.05) is 43.9 Å². The summed E-state index contributed by atoms with van der Waals surface area (Å²) in [7, 11) is 0. The van der Waals surface area contributed by atoms with E-state index in [0.717, 1.165) is 36.9 Å². The summed E-state index contributed by atoms with van der Waals surface area (Å²) in [5.74, 6) is 1.49. The zero-order valence-electron chi connectivity index (χ0n) is 15.0. The average molecular weight is 364 g/mol. The first-order valence-electron chi connectivity index (χ1n) is 10.0. The van der Waals surface area contributed by atoms with E-state index in [1.54, 1.807) is 0 Å². The number of nitrogens with zero attached hydrogens (tertiary/aromatic N) is 5. The van der Waals surface area contributed by atoms with Gasteiger partial charge in [-0.05, 0) is 54.9 Å². The molecule has 6 nitrogen and oxygen atoms in total. The first-order valence-corrected chi connectivity index (χ1v) is 11.0. The topological polar surface area (TPSA) is 63.9 Å². The van der Waals surface area contributed by atoms with Gasteiger partial charge in [0.1, 0.15) is 0 Å². The number of rotatable bonds is 4. The van der Waals surface area contributed by atoms with Gasteiger partial charge in [-0.15, -0.1) is 5.10 Å². The monoisotopic (exact) mass is 363 g/mol. The second-order valence-corrected chi connectivity index (χ2v) is 8.77. The fourth-order valence-electron chi connectivity index (χ4n) is 4.98. The Balaban J connectivity index is 1.36. The summed E-state index contributed by atoms with van der Waals surface area (Å²) >= 11 is 1.52. The molecule has 2 atom stereocenters. The molecule has 0 spiro atoms. The van der Waals surface area contributed by atoms with Crippen LogP contribution in [0, 0.1) is 5.92 Å². The maximum absolute atomic E-state index is 12.9. The van der Waals surface area contributed by atoms with Crippen molar-refractivity contribution in [1.82, 2.24) is 25.1 Å². The van der Waals surface area contributed by atoms with E-state index < -0.39 is 0 Å². The van der Waals surface area contributed by atoms with E-state index in [1.807, 2.05) is 4.68 Å². The lowest BCUT2D eigenvalue weighted by molar-refractivity contribution is -0.134. The number of fused-ring (bicyclic) bond motifs is 1. The minimum Gasteiger partial charge on any atom is -0.339 e. The van der Waals surface area contributed by atoms with E-state index in [2.05, 4.69) is 20.4 Å². The summed E-state index contributed by atoms with van der Waals surface area (Å²) < 4.78 is 1.97. The number of tetrazole rings is 1. The Bertz CT molecular complexity index is 584. The Labute approximate surface area is 154 Å². The predicted octanol–water partition coefficient (Wildman–Crippen LogP) is 3.45. The Morgan fingerprint density at radius 2 is 1.76 bits per heavy atom. The highest BCUT2D eigenvalue weighted by Crippen LogP contribution is 2.36. The maximum atomic E-state index is 12.9. The van der Waals surface area contributed by atoms with Crippen LogP contribution in [0.4, 0.5) is 0 Å². The smallest absolute Gasteiger partial charge is 0.233 e. The molecule has 0 N–H and O–H groups in total. The molecule has 3 aliphatic rings. The number of carbonyl (C=O) groups is 1. The van der Waals surface area contributed by atoms with Crippen LogP contribution in [0.15, 0.2) is 5.16 Å². The van der Waals surface area contributed by atoms with Gasteiger partial charge in [-0.3, -0.25) is 4.79 Å². The van der Waals surface area contributed by atoms with Crippen molar-refractivity contribution in [2.45, 2.75) is 87.9 Å². The van der Waals surface area contributed by atoms with Gasteiger partial charge < -0.3 is 4.90 Å². The number of likely N-dealkylation sites (tertiary alicyclic amines) is 1. The summed E-state index contributed by atoms with van der Waals surface area (Å²) in [6.07, 6.45) is 13.7. The summed E-state index contributed by atoms with van der Waals surface area (Å²) in [6, 6.07) is 0.906. The molecule has 1 amide bonds. The lowest BCUT2D eigenvalue weighted by Crippen LogP contribution is -2.50. The molecular formula is C18H29N5OS. The second kappa shape index (κ2) is 8.06. The predicted molar refractivity (Wildman–Crippen MR) is 97.4 cm³/mol. The normalized spacial score (nSPS) is 27.9. The number of carbonyl (C=O) groups excluding carboxylic acids is 1. The fraction of sp³-hybridized carbons (Fsp3) is 0.889. The van der Waals surface area contributed by atoms with Crippen LogP contribution in [0.2, 0.25) is 0 Å². The van der Waals surface area contributed by atoms with E-state index in [-0.39, 0.29) is 5.91 Å². The molecule has 2 unspecified atom stereocenters. The molecule has 1 aromatic rings. The van der Waals surface area contributed by atoms with Crippen molar-refractivity contribution in [2.24, 2.45) is 5.92 Å². The molecule has 0 aromatic carbocycles. The number of hydrogen-bond acceptors (Lipinski definition) is 5. The van der Waals surface area contributed by atoms with Crippen LogP contribution in [0.3, 0.4) is 0 Å². The van der Waals surface area contributed by atoms with Crippen molar-refractivity contribution < 1.29 is 4.79 Å². The molecule has 138 valence electrons. The van der Waals surface area contributed by atoms with E-state index >= 15 is 0 Å². The van der Waals surface area contributed by atoms with Crippen molar-refractivity contribution in [3.8, 4) is 0 Å². The molecule has 1 aromatic heterocycles. The van der Waals surface area contributed by atoms with Gasteiger partial charge in [0.15, 0.2) is 0 Å². The molecule has 2 aliphatic carbocycles. The van der Waals surface area contributed by atoms with E-state index in [9.17, 15) is 4.79 Å². The minimum absolute atomic E-state index is 0.278. The number of aromatic nitrogens is 4. The van der Waals surface area contributed by atoms with Gasteiger partial charge >= 0.3 is 0 Å². The van der Waals surface area contributed by atoms with Crippen LogP contribution in [0.25, 0.3) is 0 Å². The van der Waals surface area contributed by atoms with E-state index in [0.29, 0.717) is 17.8 Å². The lowest BCUT2D eigenvalue weighted by atomic mass is 9.78. The third-order valence-corrected chi connectivity index (χ3v) is 7.19. The molecule has 1 saturated heterocycles. The van der Waals surface area contributed by atoms with Gasteiger partial charge in [0.05, 0.1) is 11.8 Å². The van der Waals surface area contributed by atoms with Gasteiger partial charge in [0.25, 0.3) is 0 Å². The summed E-state index contributed by atoms with van der Waals surface area (Å²) in [5, 5.41) is 13.1. The van der Waals surface area contributed by atoms with Gasteiger partial charge in [-0.25, -0.2) is 4.68 Å². The first-order chi connectivity index (χ1) is 12.3. The zero-order chi connectivity index (χ0) is 17.1. The number of piperidine rings is 1. The van der Waals surface area contributed by atoms with Gasteiger partial charge in [0, 0.05) is 12.6 Å². The Kier molecular flexibility index (Phi) is 5.58. The highest BCUT2D eigenvalue weighted by Gasteiger charge is 2.35. The number of thioether (sulfide) groups is 1. The molecule has 7 heteroatoms. The standard InChI is InChI=1S/C18H29N5OS/c24-17(22-12-6-8-14-7-4-5-11-16(14)22)13-25-18-19-20-21-23(18)15-9-2-1-3-10-15/h14-16H,1-13H2. The molecule has 2 heterocycles. The number of amides is 1. The lowest BCUT2D eigenvalue weighted by Gasteiger charge is -2.44. The van der Waals surface area contributed by atoms with Crippen LogP contribution >= 0.6 is 11.8 Å². The van der Waals surface area contributed by atoms with Crippen molar-refractivity contribution >= 4 is 17.7 Å². The molecule has 0 radical (unpaired) electrons. The molecule has 0 bridgehead atoms. The molecule has 1 aliphatic heterocycles. The largest absolute Gasteiger partial charge is 0.339 e. The van der Waals surface area contributed by atoms with Crippen LogP contribution in [-0.4, -0.2) is 49.4 Å². The van der Waals surface area contributed by atoms with Crippen LogP contribution in [0.5, 0.6) is 0 Å². The Hall–Kier alpha value is -1.11. The number of hydrogen-bond donors (Lipinski definition) is 0. The van der Waals surface area contributed by atoms with Gasteiger partial charge in [-0.2, -0.15) is 0 Å². The van der Waals surface area contributed by atoms with Crippen molar-refractivity contribution in [3.63, 3.8) is 0 Å². The van der Waals surface area contributed by atoms with E-state index in [1.165, 1.54) is 63.1 Å². The molecular weight excluding hydrogens is 334 g/mol. The van der Waals surface area contributed by atoms with E-state index in [4.69, 9.17) is 0 Å². The van der Waals surface area contributed by atoms with Gasteiger partial charge in [0.2, 0.25) is 11.1 Å². The minimum atomic E-state index is 0.278. The van der Waals surface area contributed by atoms with Crippen LogP contribution in [-0.2, 0) is 4.79 Å². The molecule has 3 fully saturated rings. The quantitative estimate of drug-likeness (QED) is 0.767. The SMILES string of the molecule is O=C(CSc1nnnn1C1CCCCC1)N1CCCC2CCCCC21. The summed E-state index contributed by atoms with van der Waals surface area (Å²) in [6.45, 7) is 0.939. The van der Waals surface area contributed by atoms with Crippen LogP contribution < -0.4 is 0 Å². The maximum Gasteiger partial charge on any atom is 0.233 e. The van der Waals surface area contributed by atoms with Crippen LogP contribution in [0.1, 0.15) is 76.7 Å². The second-order valence-electron chi connectivity index (χ2n) is 7.83. The average Bonchev–Trinajstić information content (AvgIpc) is 3.15. The molecule has 2 saturated carbocycles. The highest BCUT2D eigenvalue weighted by molar-refractivity contribution is 7.99. The van der Waals surface area contributed by atoms with Crippen molar-refractivity contribution in [2.75, 3.05) is 12.3 Å². The molecule has 25 heavy (non-hydrogen) atoms. The zero-order valence-corrected chi connectivity index (χ0v) is 15.8. The molecule has 4 rings (SSSR count). The van der Waals surface area contributed by atoms with Crippen molar-refractivity contribution in [3.05, 3.63) is 0 Å². The summed E-state index contributed by atoms with van der Waals surface area (Å²) in [5.41, 5.74) is 0. The third kappa shape index (κ3) is 3.86.